The van der Waals surface area contributed by atoms with Crippen molar-refractivity contribution in [2.75, 3.05) is 6.54 Å². The van der Waals surface area contributed by atoms with Gasteiger partial charge in [0.15, 0.2) is 0 Å². The maximum absolute atomic E-state index is 12.4. The van der Waals surface area contributed by atoms with Gasteiger partial charge in [-0.25, -0.2) is 4.79 Å². The molecule has 2 aromatic rings. The van der Waals surface area contributed by atoms with Gasteiger partial charge in [-0.2, -0.15) is 0 Å². The number of aliphatic hydroxyl groups excluding tert-OH is 1. The molecule has 3 rings (SSSR count). The molecule has 1 saturated heterocycles. The summed E-state index contributed by atoms with van der Waals surface area (Å²) in [4.78, 5) is 26.7. The van der Waals surface area contributed by atoms with E-state index in [9.17, 15) is 14.7 Å². The summed E-state index contributed by atoms with van der Waals surface area (Å²) < 4.78 is 0. The van der Waals surface area contributed by atoms with E-state index in [0.717, 1.165) is 43.4 Å². The van der Waals surface area contributed by atoms with Gasteiger partial charge in [0.1, 0.15) is 4.88 Å². The minimum absolute atomic E-state index is 0.0399. The van der Waals surface area contributed by atoms with Crippen LogP contribution in [0, 0.1) is 5.92 Å². The molecule has 1 aromatic carbocycles. The second kappa shape index (κ2) is 13.4. The second-order valence-corrected chi connectivity index (χ2v) is 10.5. The molecule has 3 atom stereocenters. The Morgan fingerprint density at radius 1 is 1.12 bits per heavy atom. The number of likely N-dealkylation sites (tertiary alicyclic amines) is 1. The highest BCUT2D eigenvalue weighted by Gasteiger charge is 2.28. The molecule has 2 heterocycles. The van der Waals surface area contributed by atoms with Crippen LogP contribution in [-0.4, -0.2) is 45.7 Å². The number of amides is 1. The van der Waals surface area contributed by atoms with Gasteiger partial charge in [0.05, 0.1) is 12.1 Å². The molecule has 1 aromatic heterocycles. The minimum Gasteiger partial charge on any atom is -0.477 e. The number of unbranched alkanes of at least 4 members (excludes halogenated alkanes) is 2. The van der Waals surface area contributed by atoms with Crippen LogP contribution < -0.4 is 0 Å². The smallest absolute Gasteiger partial charge is 0.345 e. The predicted molar refractivity (Wildman–Crippen MR) is 137 cm³/mol. The summed E-state index contributed by atoms with van der Waals surface area (Å²) in [6.45, 7) is 2.75. The largest absolute Gasteiger partial charge is 0.477 e. The highest BCUT2D eigenvalue weighted by Crippen LogP contribution is 2.23. The lowest BCUT2D eigenvalue weighted by Gasteiger charge is -2.23. The lowest BCUT2D eigenvalue weighted by molar-refractivity contribution is -0.128. The second-order valence-electron chi connectivity index (χ2n) is 9.31. The summed E-state index contributed by atoms with van der Waals surface area (Å²) >= 11 is 1.30. The lowest BCUT2D eigenvalue weighted by Crippen LogP contribution is -2.33. The fraction of sp³-hybridized carbons (Fsp3) is 0.500. The zero-order valence-corrected chi connectivity index (χ0v) is 20.9. The quantitative estimate of drug-likeness (QED) is 0.266. The topological polar surface area (TPSA) is 77.8 Å². The summed E-state index contributed by atoms with van der Waals surface area (Å²) in [5.41, 5.74) is 1.38. The van der Waals surface area contributed by atoms with E-state index >= 15 is 0 Å². The maximum Gasteiger partial charge on any atom is 0.345 e. The molecule has 5 nitrogen and oxygen atoms in total. The maximum atomic E-state index is 12.4. The fourth-order valence-electron chi connectivity index (χ4n) is 4.52. The van der Waals surface area contributed by atoms with Crippen molar-refractivity contribution in [3.05, 3.63) is 69.9 Å². The number of nitrogens with zero attached hydrogens (tertiary/aromatic N) is 1. The highest BCUT2D eigenvalue weighted by molar-refractivity contribution is 7.13. The average molecular weight is 484 g/mol. The third-order valence-corrected chi connectivity index (χ3v) is 7.78. The first-order valence-corrected chi connectivity index (χ1v) is 13.3. The Morgan fingerprint density at radius 3 is 2.65 bits per heavy atom. The number of carboxylic acids is 1. The van der Waals surface area contributed by atoms with E-state index in [2.05, 4.69) is 31.2 Å². The molecule has 1 fully saturated rings. The molecule has 0 saturated carbocycles. The average Bonchev–Trinajstić information content (AvgIpc) is 3.45. The number of aromatic carboxylic acids is 1. The lowest BCUT2D eigenvalue weighted by atomic mass is 9.95. The first-order valence-electron chi connectivity index (χ1n) is 12.5. The third kappa shape index (κ3) is 8.10. The number of hydrogen-bond acceptors (Lipinski definition) is 4. The number of carbonyl (C=O) groups excluding carboxylic acids is 1. The van der Waals surface area contributed by atoms with Crippen LogP contribution in [0.25, 0.3) is 0 Å². The molecule has 0 bridgehead atoms. The standard InChI is InChI=1S/C28H37NO4S/c1-21(9-4-2-5-10-22-11-6-3-7-12-22)25(30)17-14-23-15-19-27(31)29(23)20-8-13-24-16-18-26(34-24)28(32)33/h3,6-7,11-12,14,16-18,21,23,25,30H,2,4-5,8-10,13,15,19-20H2,1H3,(H,32,33)/b17-14+/t21-,23+,25+/m1/s1. The summed E-state index contributed by atoms with van der Waals surface area (Å²) in [5.74, 6) is -0.537. The molecular weight excluding hydrogens is 446 g/mol. The monoisotopic (exact) mass is 483 g/mol. The molecule has 34 heavy (non-hydrogen) atoms. The Bertz CT molecular complexity index is 939. The van der Waals surface area contributed by atoms with Crippen LogP contribution in [0.4, 0.5) is 0 Å². The number of thiophene rings is 1. The van der Waals surface area contributed by atoms with Crippen LogP contribution in [0.2, 0.25) is 0 Å². The van der Waals surface area contributed by atoms with Crippen molar-refractivity contribution in [2.24, 2.45) is 5.92 Å². The van der Waals surface area contributed by atoms with Gasteiger partial charge in [-0.1, -0.05) is 62.2 Å². The van der Waals surface area contributed by atoms with Gasteiger partial charge in [0.2, 0.25) is 5.91 Å². The molecule has 0 aliphatic carbocycles. The Balaban J connectivity index is 1.37. The Kier molecular flexibility index (Phi) is 10.4. The zero-order valence-electron chi connectivity index (χ0n) is 20.1. The van der Waals surface area contributed by atoms with Crippen LogP contribution in [0.1, 0.15) is 72.0 Å². The Morgan fingerprint density at radius 2 is 1.91 bits per heavy atom. The Labute approximate surface area is 207 Å². The molecule has 2 N–H and O–H groups in total. The van der Waals surface area contributed by atoms with Crippen LogP contribution in [0.15, 0.2) is 54.6 Å². The molecule has 184 valence electrons. The van der Waals surface area contributed by atoms with Crippen molar-refractivity contribution in [3.8, 4) is 0 Å². The van der Waals surface area contributed by atoms with Crippen molar-refractivity contribution in [1.82, 2.24) is 4.90 Å². The fourth-order valence-corrected chi connectivity index (χ4v) is 5.41. The molecule has 6 heteroatoms. The molecule has 1 aliphatic heterocycles. The SMILES string of the molecule is C[C@H](CCCCCc1ccccc1)[C@@H](O)/C=C/[C@H]1CCC(=O)N1CCCc1ccc(C(=O)O)s1. The highest BCUT2D eigenvalue weighted by atomic mass is 32.1. The summed E-state index contributed by atoms with van der Waals surface area (Å²) in [6, 6.07) is 14.1. The first-order chi connectivity index (χ1) is 16.4. The molecular formula is C28H37NO4S. The van der Waals surface area contributed by atoms with Crippen LogP contribution in [-0.2, 0) is 17.6 Å². The van der Waals surface area contributed by atoms with Gasteiger partial charge in [0, 0.05) is 17.8 Å². The van der Waals surface area contributed by atoms with E-state index in [1.165, 1.54) is 29.7 Å². The molecule has 1 amide bonds. The van der Waals surface area contributed by atoms with E-state index in [-0.39, 0.29) is 17.9 Å². The van der Waals surface area contributed by atoms with Crippen molar-refractivity contribution in [3.63, 3.8) is 0 Å². The number of benzene rings is 1. The number of hydrogen-bond donors (Lipinski definition) is 2. The van der Waals surface area contributed by atoms with Crippen LogP contribution in [0.5, 0.6) is 0 Å². The normalized spacial score (nSPS) is 18.0. The number of carboxylic acid groups (broad SMARTS) is 1. The molecule has 0 radical (unpaired) electrons. The third-order valence-electron chi connectivity index (χ3n) is 6.65. The van der Waals surface area contributed by atoms with E-state index in [0.29, 0.717) is 17.8 Å². The van der Waals surface area contributed by atoms with E-state index in [1.807, 2.05) is 29.2 Å². The van der Waals surface area contributed by atoms with Crippen molar-refractivity contribution in [1.29, 1.82) is 0 Å². The van der Waals surface area contributed by atoms with Gasteiger partial charge in [-0.05, 0) is 62.1 Å². The zero-order chi connectivity index (χ0) is 24.3. The van der Waals surface area contributed by atoms with E-state index in [1.54, 1.807) is 6.07 Å². The van der Waals surface area contributed by atoms with Gasteiger partial charge < -0.3 is 15.1 Å². The predicted octanol–water partition coefficient (Wildman–Crippen LogP) is 5.73. The van der Waals surface area contributed by atoms with Gasteiger partial charge in [-0.3, -0.25) is 4.79 Å². The minimum atomic E-state index is -0.892. The van der Waals surface area contributed by atoms with Gasteiger partial charge in [-0.15, -0.1) is 11.3 Å². The first kappa shape index (κ1) is 26.2. The summed E-state index contributed by atoms with van der Waals surface area (Å²) in [7, 11) is 0. The Hall–Kier alpha value is -2.44. The molecule has 0 spiro atoms. The summed E-state index contributed by atoms with van der Waals surface area (Å²) in [5, 5.41) is 19.7. The van der Waals surface area contributed by atoms with Crippen molar-refractivity contribution >= 4 is 23.2 Å². The van der Waals surface area contributed by atoms with Gasteiger partial charge in [0.25, 0.3) is 0 Å². The number of aryl methyl sites for hydroxylation is 2. The summed E-state index contributed by atoms with van der Waals surface area (Å²) in [6.07, 6.45) is 11.8. The van der Waals surface area contributed by atoms with Crippen molar-refractivity contribution in [2.45, 2.75) is 76.9 Å². The van der Waals surface area contributed by atoms with Gasteiger partial charge >= 0.3 is 5.97 Å². The van der Waals surface area contributed by atoms with Crippen LogP contribution in [0.3, 0.4) is 0 Å². The van der Waals surface area contributed by atoms with Crippen molar-refractivity contribution < 1.29 is 19.8 Å². The number of rotatable bonds is 14. The molecule has 1 aliphatic rings. The van der Waals surface area contributed by atoms with E-state index < -0.39 is 12.1 Å². The molecule has 0 unspecified atom stereocenters. The number of carbonyl (C=O) groups is 2. The van der Waals surface area contributed by atoms with Crippen LogP contribution >= 0.6 is 11.3 Å². The van der Waals surface area contributed by atoms with E-state index in [4.69, 9.17) is 5.11 Å². The number of aliphatic hydroxyl groups is 1.